The van der Waals surface area contributed by atoms with E-state index in [4.69, 9.17) is 4.43 Å². The average molecular weight is 335 g/mol. The van der Waals surface area contributed by atoms with Crippen LogP contribution in [0.25, 0.3) is 0 Å². The van der Waals surface area contributed by atoms with E-state index in [0.717, 1.165) is 11.1 Å². The van der Waals surface area contributed by atoms with Gasteiger partial charge >= 0.3 is 6.18 Å². The van der Waals surface area contributed by atoms with Crippen LogP contribution in [0.15, 0.2) is 24.3 Å². The molecule has 0 fully saturated rings. The molecule has 0 saturated heterocycles. The molecule has 1 nitrogen and oxygen atoms in total. The lowest BCUT2D eigenvalue weighted by Crippen LogP contribution is -2.51. The standard InChI is InChI=1S/C15H25F3OSi2/c1-12-7-9-13(10-8-12)14(20(2,3)4)21(5,6)19-11-15(16,17)18/h7-10,14H,11H2,1-6H3. The van der Waals surface area contributed by atoms with Crippen molar-refractivity contribution in [1.82, 2.24) is 0 Å². The van der Waals surface area contributed by atoms with E-state index in [2.05, 4.69) is 19.6 Å². The lowest BCUT2D eigenvalue weighted by molar-refractivity contribution is -0.155. The maximum absolute atomic E-state index is 12.5. The van der Waals surface area contributed by atoms with Crippen LogP contribution >= 0.6 is 0 Å². The van der Waals surface area contributed by atoms with Crippen molar-refractivity contribution in [3.05, 3.63) is 35.4 Å². The first-order chi connectivity index (χ1) is 9.33. The van der Waals surface area contributed by atoms with Crippen LogP contribution in [0.1, 0.15) is 16.3 Å². The topological polar surface area (TPSA) is 9.23 Å². The second kappa shape index (κ2) is 6.26. The second-order valence-electron chi connectivity index (χ2n) is 7.22. The van der Waals surface area contributed by atoms with Gasteiger partial charge < -0.3 is 4.43 Å². The van der Waals surface area contributed by atoms with Crippen molar-refractivity contribution in [2.45, 2.75) is 51.0 Å². The van der Waals surface area contributed by atoms with E-state index in [0.29, 0.717) is 0 Å². The summed E-state index contributed by atoms with van der Waals surface area (Å²) in [6.07, 6.45) is -4.26. The summed E-state index contributed by atoms with van der Waals surface area (Å²) in [5.74, 6) is 0. The van der Waals surface area contributed by atoms with Gasteiger partial charge in [-0.15, -0.1) is 0 Å². The summed E-state index contributed by atoms with van der Waals surface area (Å²) < 4.78 is 42.9. The first-order valence-electron chi connectivity index (χ1n) is 7.10. The van der Waals surface area contributed by atoms with E-state index in [-0.39, 0.29) is 5.16 Å². The molecule has 0 amide bonds. The zero-order chi connectivity index (χ0) is 16.5. The molecule has 0 aromatic heterocycles. The fourth-order valence-electron chi connectivity index (χ4n) is 3.05. The number of benzene rings is 1. The highest BCUT2D eigenvalue weighted by Gasteiger charge is 2.45. The molecular weight excluding hydrogens is 309 g/mol. The van der Waals surface area contributed by atoms with Crippen LogP contribution < -0.4 is 0 Å². The normalized spacial score (nSPS) is 15.1. The van der Waals surface area contributed by atoms with Gasteiger partial charge in [-0.3, -0.25) is 0 Å². The summed E-state index contributed by atoms with van der Waals surface area (Å²) in [7, 11) is -4.20. The average Bonchev–Trinajstić information content (AvgIpc) is 2.27. The van der Waals surface area contributed by atoms with E-state index in [9.17, 15) is 13.2 Å². The molecule has 120 valence electrons. The number of halogens is 3. The van der Waals surface area contributed by atoms with E-state index in [1.165, 1.54) is 0 Å². The first kappa shape index (κ1) is 18.5. The Morgan fingerprint density at radius 2 is 1.48 bits per heavy atom. The third-order valence-electron chi connectivity index (χ3n) is 3.58. The summed E-state index contributed by atoms with van der Waals surface area (Å²) in [6, 6.07) is 8.14. The highest BCUT2D eigenvalue weighted by molar-refractivity contribution is 6.94. The van der Waals surface area contributed by atoms with Gasteiger partial charge in [0, 0.05) is 0 Å². The van der Waals surface area contributed by atoms with Crippen LogP contribution in [-0.2, 0) is 4.43 Å². The highest BCUT2D eigenvalue weighted by atomic mass is 28.4. The van der Waals surface area contributed by atoms with Crippen LogP contribution in [0, 0.1) is 6.92 Å². The monoisotopic (exact) mass is 334 g/mol. The highest BCUT2D eigenvalue weighted by Crippen LogP contribution is 2.37. The molecular formula is C15H25F3OSi2. The Hall–Kier alpha value is -0.596. The summed E-state index contributed by atoms with van der Waals surface area (Å²) >= 11 is 0. The van der Waals surface area contributed by atoms with Gasteiger partial charge in [0.15, 0.2) is 8.32 Å². The molecule has 0 spiro atoms. The molecule has 6 heteroatoms. The van der Waals surface area contributed by atoms with Crippen LogP contribution in [0.3, 0.4) is 0 Å². The SMILES string of the molecule is Cc1ccc(C([Si](C)(C)C)[Si](C)(C)OCC(F)(F)F)cc1. The number of hydrogen-bond donors (Lipinski definition) is 0. The Morgan fingerprint density at radius 3 is 1.86 bits per heavy atom. The van der Waals surface area contributed by atoms with Crippen molar-refractivity contribution in [1.29, 1.82) is 0 Å². The predicted molar refractivity (Wildman–Crippen MR) is 86.8 cm³/mol. The van der Waals surface area contributed by atoms with E-state index < -0.39 is 29.2 Å². The number of rotatable bonds is 5. The fourth-order valence-corrected chi connectivity index (χ4v) is 14.5. The minimum absolute atomic E-state index is 0.132. The Kier molecular flexibility index (Phi) is 5.50. The third-order valence-corrected chi connectivity index (χ3v) is 12.9. The number of hydrogen-bond acceptors (Lipinski definition) is 1. The molecule has 1 aromatic rings. The summed E-state index contributed by atoms with van der Waals surface area (Å²) in [5.41, 5.74) is 2.28. The molecule has 0 aliphatic heterocycles. The third kappa shape index (κ3) is 5.60. The molecule has 0 aliphatic carbocycles. The van der Waals surface area contributed by atoms with Crippen LogP contribution in [0.2, 0.25) is 32.7 Å². The van der Waals surface area contributed by atoms with Gasteiger partial charge in [0.2, 0.25) is 0 Å². The van der Waals surface area contributed by atoms with E-state index in [1.54, 1.807) is 0 Å². The minimum Gasteiger partial charge on any atom is -0.408 e. The van der Waals surface area contributed by atoms with Gasteiger partial charge in [-0.05, 0) is 30.7 Å². The van der Waals surface area contributed by atoms with Crippen molar-refractivity contribution in [3.63, 3.8) is 0 Å². The van der Waals surface area contributed by atoms with Crippen molar-refractivity contribution in [2.75, 3.05) is 6.61 Å². The molecule has 0 saturated carbocycles. The Bertz CT molecular complexity index is 461. The molecule has 1 atom stereocenters. The molecule has 1 aromatic carbocycles. The number of aryl methyl sites for hydroxylation is 1. The maximum atomic E-state index is 12.5. The summed E-state index contributed by atoms with van der Waals surface area (Å²) in [5, 5.41) is 0.132. The molecule has 0 heterocycles. The molecule has 1 unspecified atom stereocenters. The zero-order valence-corrected chi connectivity index (χ0v) is 15.6. The van der Waals surface area contributed by atoms with Crippen molar-refractivity contribution in [2.24, 2.45) is 0 Å². The maximum Gasteiger partial charge on any atom is 0.410 e. The zero-order valence-electron chi connectivity index (χ0n) is 13.6. The van der Waals surface area contributed by atoms with Gasteiger partial charge in [-0.2, -0.15) is 13.2 Å². The van der Waals surface area contributed by atoms with Crippen molar-refractivity contribution < 1.29 is 17.6 Å². The van der Waals surface area contributed by atoms with Crippen molar-refractivity contribution in [3.8, 4) is 0 Å². The van der Waals surface area contributed by atoms with Crippen molar-refractivity contribution >= 4 is 16.4 Å². The molecule has 21 heavy (non-hydrogen) atoms. The van der Waals surface area contributed by atoms with Gasteiger partial charge in [-0.1, -0.05) is 49.5 Å². The molecule has 0 radical (unpaired) electrons. The fraction of sp³-hybridized carbons (Fsp3) is 0.600. The molecule has 0 aliphatic rings. The number of alkyl halides is 3. The van der Waals surface area contributed by atoms with Crippen LogP contribution in [-0.4, -0.2) is 29.2 Å². The van der Waals surface area contributed by atoms with Gasteiger partial charge in [-0.25, -0.2) is 0 Å². The summed E-state index contributed by atoms with van der Waals surface area (Å²) in [4.78, 5) is 0. The van der Waals surface area contributed by atoms with Crippen LogP contribution in [0.4, 0.5) is 13.2 Å². The van der Waals surface area contributed by atoms with Gasteiger partial charge in [0.1, 0.15) is 6.61 Å². The Morgan fingerprint density at radius 1 is 1.00 bits per heavy atom. The second-order valence-corrected chi connectivity index (χ2v) is 17.2. The Labute approximate surface area is 127 Å². The van der Waals surface area contributed by atoms with E-state index in [1.807, 2.05) is 44.3 Å². The Balaban J connectivity index is 3.10. The minimum atomic E-state index is -4.26. The molecule has 1 rings (SSSR count). The smallest absolute Gasteiger partial charge is 0.408 e. The lowest BCUT2D eigenvalue weighted by atomic mass is 10.2. The quantitative estimate of drug-likeness (QED) is 0.666. The van der Waals surface area contributed by atoms with Crippen LogP contribution in [0.5, 0.6) is 0 Å². The largest absolute Gasteiger partial charge is 0.410 e. The first-order valence-corrected chi connectivity index (χ1v) is 13.7. The van der Waals surface area contributed by atoms with E-state index >= 15 is 0 Å². The molecule has 0 bridgehead atoms. The van der Waals surface area contributed by atoms with Gasteiger partial charge in [0.25, 0.3) is 0 Å². The molecule has 0 N–H and O–H groups in total. The lowest BCUT2D eigenvalue weighted by Gasteiger charge is -2.40. The predicted octanol–water partition coefficient (Wildman–Crippen LogP) is 5.28. The van der Waals surface area contributed by atoms with Gasteiger partial charge in [0.05, 0.1) is 8.07 Å². The summed E-state index contributed by atoms with van der Waals surface area (Å²) in [6.45, 7) is 11.3.